The number of nitrogens with zero attached hydrogens (tertiary/aromatic N) is 2. The molecule has 2 rings (SSSR count). The van der Waals surface area contributed by atoms with Gasteiger partial charge in [-0.05, 0) is 19.4 Å². The average molecular weight is 268 g/mol. The molecule has 1 aliphatic heterocycles. The molecular weight excluding hydrogens is 248 g/mol. The van der Waals surface area contributed by atoms with Gasteiger partial charge in [-0.25, -0.2) is 0 Å². The summed E-state index contributed by atoms with van der Waals surface area (Å²) in [6.45, 7) is 7.74. The Morgan fingerprint density at radius 1 is 1.50 bits per heavy atom. The fourth-order valence-corrected chi connectivity index (χ4v) is 2.66. The molecule has 1 fully saturated rings. The van der Waals surface area contributed by atoms with E-state index in [4.69, 9.17) is 0 Å². The van der Waals surface area contributed by atoms with Gasteiger partial charge in [0, 0.05) is 5.41 Å². The Hall–Kier alpha value is -1.01. The number of aromatic nitrogens is 2. The van der Waals surface area contributed by atoms with E-state index >= 15 is 0 Å². The van der Waals surface area contributed by atoms with Gasteiger partial charge in [0.1, 0.15) is 10.0 Å². The highest BCUT2D eigenvalue weighted by atomic mass is 32.1. The van der Waals surface area contributed by atoms with Crippen molar-refractivity contribution in [2.75, 3.05) is 6.54 Å². The van der Waals surface area contributed by atoms with Crippen molar-refractivity contribution in [3.8, 4) is 0 Å². The third-order valence-electron chi connectivity index (χ3n) is 2.90. The first kappa shape index (κ1) is 13.4. The van der Waals surface area contributed by atoms with Gasteiger partial charge in [-0.1, -0.05) is 32.1 Å². The van der Waals surface area contributed by atoms with Crippen molar-refractivity contribution in [1.29, 1.82) is 0 Å². The zero-order valence-corrected chi connectivity index (χ0v) is 11.9. The third-order valence-corrected chi connectivity index (χ3v) is 4.25. The van der Waals surface area contributed by atoms with Crippen LogP contribution in [0.4, 0.5) is 0 Å². The van der Waals surface area contributed by atoms with Gasteiger partial charge >= 0.3 is 0 Å². The number of rotatable bonds is 3. The maximum Gasteiger partial charge on any atom is 0.237 e. The van der Waals surface area contributed by atoms with Crippen LogP contribution in [0.2, 0.25) is 0 Å². The molecular formula is C12H20N4OS. The lowest BCUT2D eigenvalue weighted by atomic mass is 9.98. The summed E-state index contributed by atoms with van der Waals surface area (Å²) in [7, 11) is 0. The van der Waals surface area contributed by atoms with E-state index in [1.54, 1.807) is 11.3 Å². The fourth-order valence-electron chi connectivity index (χ4n) is 1.82. The average Bonchev–Trinajstić information content (AvgIpc) is 2.96. The van der Waals surface area contributed by atoms with Gasteiger partial charge in [0.05, 0.1) is 12.6 Å². The number of nitrogens with one attached hydrogen (secondary N) is 2. The van der Waals surface area contributed by atoms with Gasteiger partial charge in [-0.15, -0.1) is 10.2 Å². The van der Waals surface area contributed by atoms with Crippen molar-refractivity contribution in [3.05, 3.63) is 10.0 Å². The molecule has 6 heteroatoms. The first-order valence-corrected chi connectivity index (χ1v) is 7.12. The van der Waals surface area contributed by atoms with Gasteiger partial charge in [0.2, 0.25) is 5.91 Å². The summed E-state index contributed by atoms with van der Waals surface area (Å²) in [5.41, 5.74) is 0.0208. The zero-order chi connectivity index (χ0) is 13.2. The summed E-state index contributed by atoms with van der Waals surface area (Å²) in [4.78, 5) is 11.8. The van der Waals surface area contributed by atoms with E-state index in [1.165, 1.54) is 0 Å². The van der Waals surface area contributed by atoms with E-state index in [9.17, 15) is 4.79 Å². The molecule has 0 saturated carbocycles. The highest BCUT2D eigenvalue weighted by Gasteiger charge is 2.23. The van der Waals surface area contributed by atoms with Crippen molar-refractivity contribution in [3.63, 3.8) is 0 Å². The van der Waals surface area contributed by atoms with Crippen molar-refractivity contribution in [2.24, 2.45) is 0 Å². The molecule has 2 N–H and O–H groups in total. The normalized spacial score (nSPS) is 20.1. The van der Waals surface area contributed by atoms with Gasteiger partial charge < -0.3 is 10.6 Å². The predicted molar refractivity (Wildman–Crippen MR) is 71.5 cm³/mol. The molecule has 0 bridgehead atoms. The van der Waals surface area contributed by atoms with Crippen LogP contribution in [0.5, 0.6) is 0 Å². The molecule has 0 aliphatic carbocycles. The SMILES string of the molecule is CC(C)(C)c1nnc(CNC(=O)C2CCCN2)s1. The Morgan fingerprint density at radius 2 is 2.28 bits per heavy atom. The maximum absolute atomic E-state index is 11.8. The molecule has 1 atom stereocenters. The molecule has 18 heavy (non-hydrogen) atoms. The Kier molecular flexibility index (Phi) is 3.97. The summed E-state index contributed by atoms with van der Waals surface area (Å²) in [6, 6.07) is -0.0278. The third kappa shape index (κ3) is 3.26. The van der Waals surface area contributed by atoms with Crippen LogP contribution >= 0.6 is 11.3 Å². The van der Waals surface area contributed by atoms with E-state index in [0.29, 0.717) is 6.54 Å². The Labute approximate surface area is 111 Å². The molecule has 1 saturated heterocycles. The Bertz CT molecular complexity index is 418. The molecule has 2 heterocycles. The lowest BCUT2D eigenvalue weighted by Crippen LogP contribution is -2.39. The lowest BCUT2D eigenvalue weighted by molar-refractivity contribution is -0.122. The number of amides is 1. The highest BCUT2D eigenvalue weighted by Crippen LogP contribution is 2.25. The Balaban J connectivity index is 1.86. The smallest absolute Gasteiger partial charge is 0.237 e. The molecule has 1 aliphatic rings. The first-order valence-electron chi connectivity index (χ1n) is 6.31. The zero-order valence-electron chi connectivity index (χ0n) is 11.1. The van der Waals surface area contributed by atoms with Crippen LogP contribution in [0.15, 0.2) is 0 Å². The minimum Gasteiger partial charge on any atom is -0.348 e. The maximum atomic E-state index is 11.8. The van der Waals surface area contributed by atoms with E-state index < -0.39 is 0 Å². The molecule has 1 unspecified atom stereocenters. The monoisotopic (exact) mass is 268 g/mol. The number of hydrogen-bond donors (Lipinski definition) is 2. The molecule has 1 amide bonds. The first-order chi connectivity index (χ1) is 8.47. The second kappa shape index (κ2) is 5.32. The van der Waals surface area contributed by atoms with Crippen molar-refractivity contribution in [1.82, 2.24) is 20.8 Å². The van der Waals surface area contributed by atoms with E-state index in [2.05, 4.69) is 41.6 Å². The second-order valence-corrected chi connectivity index (χ2v) is 6.68. The number of carbonyl (C=O) groups is 1. The van der Waals surface area contributed by atoms with Crippen LogP contribution in [0.25, 0.3) is 0 Å². The quantitative estimate of drug-likeness (QED) is 0.864. The van der Waals surface area contributed by atoms with Crippen LogP contribution in [0.1, 0.15) is 43.6 Å². The lowest BCUT2D eigenvalue weighted by Gasteiger charge is -2.12. The van der Waals surface area contributed by atoms with Crippen LogP contribution < -0.4 is 10.6 Å². The molecule has 0 radical (unpaired) electrons. The minimum absolute atomic E-state index is 0.0208. The van der Waals surface area contributed by atoms with Crippen LogP contribution in [-0.2, 0) is 16.8 Å². The minimum atomic E-state index is -0.0278. The standard InChI is InChI=1S/C12H20N4OS/c1-12(2,3)11-16-15-9(18-11)7-14-10(17)8-5-4-6-13-8/h8,13H,4-7H2,1-3H3,(H,14,17). The molecule has 1 aromatic heterocycles. The van der Waals surface area contributed by atoms with E-state index in [-0.39, 0.29) is 17.4 Å². The van der Waals surface area contributed by atoms with E-state index in [1.807, 2.05) is 0 Å². The second-order valence-electron chi connectivity index (χ2n) is 5.62. The van der Waals surface area contributed by atoms with Gasteiger partial charge in [0.25, 0.3) is 0 Å². The van der Waals surface area contributed by atoms with Gasteiger partial charge in [-0.3, -0.25) is 4.79 Å². The molecule has 0 aromatic carbocycles. The molecule has 1 aromatic rings. The van der Waals surface area contributed by atoms with Crippen LogP contribution in [0, 0.1) is 0 Å². The van der Waals surface area contributed by atoms with Crippen LogP contribution in [-0.4, -0.2) is 28.7 Å². The van der Waals surface area contributed by atoms with Gasteiger partial charge in [-0.2, -0.15) is 0 Å². The number of carbonyl (C=O) groups excluding carboxylic acids is 1. The Morgan fingerprint density at radius 3 is 2.83 bits per heavy atom. The van der Waals surface area contributed by atoms with E-state index in [0.717, 1.165) is 29.4 Å². The van der Waals surface area contributed by atoms with Crippen molar-refractivity contribution < 1.29 is 4.79 Å². The van der Waals surface area contributed by atoms with Gasteiger partial charge in [0.15, 0.2) is 0 Å². The topological polar surface area (TPSA) is 66.9 Å². The van der Waals surface area contributed by atoms with Crippen molar-refractivity contribution in [2.45, 2.75) is 51.6 Å². The summed E-state index contributed by atoms with van der Waals surface area (Å²) in [6.07, 6.45) is 2.00. The predicted octanol–water partition coefficient (Wildman–Crippen LogP) is 1.20. The molecule has 100 valence electrons. The fraction of sp³-hybridized carbons (Fsp3) is 0.750. The largest absolute Gasteiger partial charge is 0.348 e. The van der Waals surface area contributed by atoms with Crippen molar-refractivity contribution >= 4 is 17.2 Å². The molecule has 5 nitrogen and oxygen atoms in total. The number of hydrogen-bond acceptors (Lipinski definition) is 5. The van der Waals surface area contributed by atoms with Crippen LogP contribution in [0.3, 0.4) is 0 Å². The molecule has 0 spiro atoms. The summed E-state index contributed by atoms with van der Waals surface area (Å²) in [5.74, 6) is 0.0695. The summed E-state index contributed by atoms with van der Waals surface area (Å²) < 4.78 is 0. The highest BCUT2D eigenvalue weighted by molar-refractivity contribution is 7.11. The summed E-state index contributed by atoms with van der Waals surface area (Å²) >= 11 is 1.57. The summed E-state index contributed by atoms with van der Waals surface area (Å²) in [5, 5.41) is 16.2.